The van der Waals surface area contributed by atoms with Crippen molar-refractivity contribution in [2.45, 2.75) is 38.4 Å². The summed E-state index contributed by atoms with van der Waals surface area (Å²) in [7, 11) is 0. The molecule has 1 amide bonds. The molecule has 0 aliphatic heterocycles. The number of thioether (sulfide) groups is 1. The van der Waals surface area contributed by atoms with Gasteiger partial charge in [-0.25, -0.2) is 9.37 Å². The highest BCUT2D eigenvalue weighted by Crippen LogP contribution is 2.27. The van der Waals surface area contributed by atoms with Gasteiger partial charge in [-0.05, 0) is 49.2 Å². The van der Waals surface area contributed by atoms with Crippen LogP contribution in [0.4, 0.5) is 10.1 Å². The van der Waals surface area contributed by atoms with Crippen molar-refractivity contribution in [1.82, 2.24) is 9.55 Å². The monoisotopic (exact) mass is 439 g/mol. The van der Waals surface area contributed by atoms with Gasteiger partial charge in [-0.1, -0.05) is 37.2 Å². The molecule has 4 rings (SSSR count). The molecule has 2 aromatic heterocycles. The second kappa shape index (κ2) is 8.93. The standard InChI is InChI=1S/C23H22FN3O3S/c1-3-4-11-27-22(29)21-20(16-7-5-6-8-18(16)30-21)26-23(27)31-13-19(28)25-17-10-9-15(24)12-14(17)2/h5-10,12H,3-4,11,13H2,1-2H3,(H,25,28). The summed E-state index contributed by atoms with van der Waals surface area (Å²) in [5.41, 5.74) is 2.30. The molecule has 0 fully saturated rings. The van der Waals surface area contributed by atoms with E-state index in [9.17, 15) is 14.0 Å². The molecule has 8 heteroatoms. The number of furan rings is 1. The fourth-order valence-electron chi connectivity index (χ4n) is 3.36. The number of anilines is 1. The fraction of sp³-hybridized carbons (Fsp3) is 0.261. The molecular formula is C23H22FN3O3S. The topological polar surface area (TPSA) is 77.1 Å². The Morgan fingerprint density at radius 2 is 2.06 bits per heavy atom. The third-order valence-corrected chi connectivity index (χ3v) is 5.95. The van der Waals surface area contributed by atoms with Gasteiger partial charge in [0.05, 0.1) is 5.75 Å². The van der Waals surface area contributed by atoms with Gasteiger partial charge in [-0.15, -0.1) is 0 Å². The summed E-state index contributed by atoms with van der Waals surface area (Å²) in [6, 6.07) is 11.6. The van der Waals surface area contributed by atoms with E-state index in [1.165, 1.54) is 30.0 Å². The fourth-order valence-corrected chi connectivity index (χ4v) is 4.18. The first-order chi connectivity index (χ1) is 15.0. The Hall–Kier alpha value is -3.13. The quantitative estimate of drug-likeness (QED) is 0.319. The minimum Gasteiger partial charge on any atom is -0.448 e. The average molecular weight is 440 g/mol. The number of carbonyl (C=O) groups excluding carboxylic acids is 1. The van der Waals surface area contributed by atoms with Crippen molar-refractivity contribution in [3.63, 3.8) is 0 Å². The lowest BCUT2D eigenvalue weighted by Gasteiger charge is -2.12. The van der Waals surface area contributed by atoms with E-state index < -0.39 is 0 Å². The summed E-state index contributed by atoms with van der Waals surface area (Å²) < 4.78 is 20.6. The maximum atomic E-state index is 13.3. The van der Waals surface area contributed by atoms with Crippen LogP contribution in [0.25, 0.3) is 22.1 Å². The van der Waals surface area contributed by atoms with Crippen molar-refractivity contribution in [1.29, 1.82) is 0 Å². The van der Waals surface area contributed by atoms with Crippen molar-refractivity contribution in [3.05, 3.63) is 64.2 Å². The van der Waals surface area contributed by atoms with Crippen molar-refractivity contribution in [3.8, 4) is 0 Å². The molecule has 31 heavy (non-hydrogen) atoms. The maximum absolute atomic E-state index is 13.3. The number of para-hydroxylation sites is 1. The van der Waals surface area contributed by atoms with Crippen LogP contribution in [0.1, 0.15) is 25.3 Å². The Labute approximate surface area is 182 Å². The number of nitrogens with one attached hydrogen (secondary N) is 1. The largest absolute Gasteiger partial charge is 0.448 e. The molecule has 2 heterocycles. The van der Waals surface area contributed by atoms with E-state index in [-0.39, 0.29) is 28.6 Å². The molecule has 0 bridgehead atoms. The van der Waals surface area contributed by atoms with E-state index in [0.29, 0.717) is 34.1 Å². The van der Waals surface area contributed by atoms with Gasteiger partial charge in [0.2, 0.25) is 11.5 Å². The number of unbranched alkanes of at least 4 members (excludes halogenated alkanes) is 1. The smallest absolute Gasteiger partial charge is 0.297 e. The molecule has 2 aromatic carbocycles. The van der Waals surface area contributed by atoms with Crippen LogP contribution < -0.4 is 10.9 Å². The van der Waals surface area contributed by atoms with Crippen molar-refractivity contribution in [2.75, 3.05) is 11.1 Å². The molecule has 0 radical (unpaired) electrons. The van der Waals surface area contributed by atoms with Gasteiger partial charge < -0.3 is 9.73 Å². The zero-order chi connectivity index (χ0) is 22.0. The van der Waals surface area contributed by atoms with Crippen LogP contribution in [0, 0.1) is 12.7 Å². The second-order valence-corrected chi connectivity index (χ2v) is 8.22. The van der Waals surface area contributed by atoms with Crippen LogP contribution in [0.15, 0.2) is 56.8 Å². The first-order valence-corrected chi connectivity index (χ1v) is 11.1. The van der Waals surface area contributed by atoms with Crippen LogP contribution in [0.3, 0.4) is 0 Å². The normalized spacial score (nSPS) is 11.3. The lowest BCUT2D eigenvalue weighted by atomic mass is 10.2. The van der Waals surface area contributed by atoms with Crippen LogP contribution >= 0.6 is 11.8 Å². The molecule has 0 saturated carbocycles. The zero-order valence-electron chi connectivity index (χ0n) is 17.3. The molecule has 6 nitrogen and oxygen atoms in total. The first-order valence-electron chi connectivity index (χ1n) is 10.1. The maximum Gasteiger partial charge on any atom is 0.297 e. The predicted octanol–water partition coefficient (Wildman–Crippen LogP) is 5.12. The summed E-state index contributed by atoms with van der Waals surface area (Å²) in [4.78, 5) is 30.3. The number of halogens is 1. The van der Waals surface area contributed by atoms with Gasteiger partial charge in [-0.2, -0.15) is 0 Å². The Balaban J connectivity index is 1.64. The van der Waals surface area contributed by atoms with Gasteiger partial charge in [0.1, 0.15) is 16.9 Å². The van der Waals surface area contributed by atoms with Crippen molar-refractivity contribution < 1.29 is 13.6 Å². The van der Waals surface area contributed by atoms with E-state index in [0.717, 1.165) is 18.2 Å². The molecule has 0 aliphatic rings. The number of fused-ring (bicyclic) bond motifs is 3. The highest BCUT2D eigenvalue weighted by molar-refractivity contribution is 7.99. The number of benzene rings is 2. The number of rotatable bonds is 7. The summed E-state index contributed by atoms with van der Waals surface area (Å²) >= 11 is 1.20. The third-order valence-electron chi connectivity index (χ3n) is 4.98. The van der Waals surface area contributed by atoms with Crippen LogP contribution in [-0.4, -0.2) is 21.2 Å². The first kappa shape index (κ1) is 21.1. The Kier molecular flexibility index (Phi) is 6.08. The Morgan fingerprint density at radius 3 is 2.84 bits per heavy atom. The third kappa shape index (κ3) is 4.34. The van der Waals surface area contributed by atoms with Crippen LogP contribution in [-0.2, 0) is 11.3 Å². The molecular weight excluding hydrogens is 417 g/mol. The molecule has 0 aliphatic carbocycles. The van der Waals surface area contributed by atoms with Gasteiger partial charge in [-0.3, -0.25) is 14.2 Å². The summed E-state index contributed by atoms with van der Waals surface area (Å²) in [6.07, 6.45) is 1.72. The molecule has 0 saturated heterocycles. The predicted molar refractivity (Wildman–Crippen MR) is 121 cm³/mol. The Bertz CT molecular complexity index is 1330. The molecule has 0 spiro atoms. The van der Waals surface area contributed by atoms with Gasteiger partial charge in [0.25, 0.3) is 5.56 Å². The van der Waals surface area contributed by atoms with E-state index in [4.69, 9.17) is 4.42 Å². The number of hydrogen-bond donors (Lipinski definition) is 1. The summed E-state index contributed by atoms with van der Waals surface area (Å²) in [6.45, 7) is 4.27. The van der Waals surface area contributed by atoms with Gasteiger partial charge in [0, 0.05) is 17.6 Å². The van der Waals surface area contributed by atoms with Crippen LogP contribution in [0.5, 0.6) is 0 Å². The SMILES string of the molecule is CCCCn1c(SCC(=O)Nc2ccc(F)cc2C)nc2c(oc3ccccc32)c1=O. The summed E-state index contributed by atoms with van der Waals surface area (Å²) in [5, 5.41) is 4.03. The van der Waals surface area contributed by atoms with E-state index in [1.54, 1.807) is 17.6 Å². The van der Waals surface area contributed by atoms with E-state index >= 15 is 0 Å². The second-order valence-electron chi connectivity index (χ2n) is 7.28. The highest BCUT2D eigenvalue weighted by atomic mass is 32.2. The minimum atomic E-state index is -0.352. The molecule has 160 valence electrons. The number of hydrogen-bond acceptors (Lipinski definition) is 5. The van der Waals surface area contributed by atoms with Gasteiger partial charge >= 0.3 is 0 Å². The van der Waals surface area contributed by atoms with E-state index in [2.05, 4.69) is 10.3 Å². The lowest BCUT2D eigenvalue weighted by Crippen LogP contribution is -2.24. The number of aryl methyl sites for hydroxylation is 1. The number of amides is 1. The van der Waals surface area contributed by atoms with Crippen molar-refractivity contribution in [2.24, 2.45) is 0 Å². The molecule has 0 unspecified atom stereocenters. The lowest BCUT2D eigenvalue weighted by molar-refractivity contribution is -0.113. The van der Waals surface area contributed by atoms with Gasteiger partial charge in [0.15, 0.2) is 5.16 Å². The number of carbonyl (C=O) groups is 1. The molecule has 4 aromatic rings. The highest BCUT2D eigenvalue weighted by Gasteiger charge is 2.18. The van der Waals surface area contributed by atoms with Crippen molar-refractivity contribution >= 4 is 45.4 Å². The zero-order valence-corrected chi connectivity index (χ0v) is 18.1. The number of aromatic nitrogens is 2. The number of nitrogens with zero attached hydrogens (tertiary/aromatic N) is 2. The van der Waals surface area contributed by atoms with E-state index in [1.807, 2.05) is 25.1 Å². The van der Waals surface area contributed by atoms with Crippen LogP contribution in [0.2, 0.25) is 0 Å². The average Bonchev–Trinajstić information content (AvgIpc) is 3.13. The molecule has 1 N–H and O–H groups in total. The molecule has 0 atom stereocenters. The Morgan fingerprint density at radius 1 is 1.26 bits per heavy atom. The minimum absolute atomic E-state index is 0.0661. The summed E-state index contributed by atoms with van der Waals surface area (Å²) in [5.74, 6) is -0.542.